The number of ether oxygens (including phenoxy) is 1. The standard InChI is InChI=1S/C12H15BrF2O/c1-3-7-16-10(4-2)8-5-6-9(13)12(15)11(8)14/h5-6,10H,3-4,7H2,1-2H3. The molecule has 0 saturated heterocycles. The average molecular weight is 293 g/mol. The monoisotopic (exact) mass is 292 g/mol. The highest BCUT2D eigenvalue weighted by molar-refractivity contribution is 9.10. The van der Waals surface area contributed by atoms with E-state index in [4.69, 9.17) is 4.74 Å². The van der Waals surface area contributed by atoms with Crippen molar-refractivity contribution in [2.24, 2.45) is 0 Å². The lowest BCUT2D eigenvalue weighted by Gasteiger charge is -2.17. The van der Waals surface area contributed by atoms with Gasteiger partial charge in [0.15, 0.2) is 11.6 Å². The molecule has 0 spiro atoms. The molecule has 1 nitrogen and oxygen atoms in total. The molecule has 0 amide bonds. The number of hydrogen-bond donors (Lipinski definition) is 0. The van der Waals surface area contributed by atoms with Crippen molar-refractivity contribution in [2.75, 3.05) is 6.61 Å². The zero-order valence-electron chi connectivity index (χ0n) is 9.40. The third kappa shape index (κ3) is 3.01. The Kier molecular flexibility index (Phi) is 5.35. The van der Waals surface area contributed by atoms with E-state index in [2.05, 4.69) is 15.9 Å². The fourth-order valence-electron chi connectivity index (χ4n) is 1.48. The predicted molar refractivity (Wildman–Crippen MR) is 63.3 cm³/mol. The van der Waals surface area contributed by atoms with Crippen molar-refractivity contribution in [1.82, 2.24) is 0 Å². The van der Waals surface area contributed by atoms with Crippen LogP contribution in [0.1, 0.15) is 38.4 Å². The van der Waals surface area contributed by atoms with E-state index in [0.29, 0.717) is 13.0 Å². The van der Waals surface area contributed by atoms with Crippen LogP contribution >= 0.6 is 15.9 Å². The Morgan fingerprint density at radius 1 is 1.25 bits per heavy atom. The SMILES string of the molecule is CCCOC(CC)c1ccc(Br)c(F)c1F. The molecule has 0 radical (unpaired) electrons. The minimum Gasteiger partial charge on any atom is -0.373 e. The number of rotatable bonds is 5. The maximum atomic E-state index is 13.6. The average Bonchev–Trinajstić information content (AvgIpc) is 2.29. The van der Waals surface area contributed by atoms with Gasteiger partial charge in [-0.25, -0.2) is 8.78 Å². The Bertz CT molecular complexity index is 355. The van der Waals surface area contributed by atoms with E-state index >= 15 is 0 Å². The van der Waals surface area contributed by atoms with Gasteiger partial charge in [0.25, 0.3) is 0 Å². The highest BCUT2D eigenvalue weighted by Crippen LogP contribution is 2.28. The van der Waals surface area contributed by atoms with Crippen LogP contribution in [0.2, 0.25) is 0 Å². The summed E-state index contributed by atoms with van der Waals surface area (Å²) in [6.45, 7) is 4.42. The molecule has 0 fully saturated rings. The molecular formula is C12H15BrF2O. The molecule has 0 aromatic heterocycles. The Labute approximate surface area is 103 Å². The van der Waals surface area contributed by atoms with E-state index in [1.807, 2.05) is 13.8 Å². The first-order valence-electron chi connectivity index (χ1n) is 5.36. The van der Waals surface area contributed by atoms with Crippen LogP contribution < -0.4 is 0 Å². The molecule has 0 bridgehead atoms. The van der Waals surface area contributed by atoms with Gasteiger partial charge in [0.1, 0.15) is 0 Å². The molecule has 1 atom stereocenters. The lowest BCUT2D eigenvalue weighted by atomic mass is 10.1. The van der Waals surface area contributed by atoms with Gasteiger partial charge < -0.3 is 4.74 Å². The van der Waals surface area contributed by atoms with Crippen molar-refractivity contribution >= 4 is 15.9 Å². The van der Waals surface area contributed by atoms with Crippen molar-refractivity contribution in [3.8, 4) is 0 Å². The zero-order valence-corrected chi connectivity index (χ0v) is 11.0. The van der Waals surface area contributed by atoms with Crippen LogP contribution in [0, 0.1) is 11.6 Å². The summed E-state index contributed by atoms with van der Waals surface area (Å²) < 4.78 is 32.6. The number of hydrogen-bond acceptors (Lipinski definition) is 1. The van der Waals surface area contributed by atoms with E-state index in [1.165, 1.54) is 6.07 Å². The van der Waals surface area contributed by atoms with Gasteiger partial charge in [0.2, 0.25) is 0 Å². The number of halogens is 3. The normalized spacial score (nSPS) is 12.8. The summed E-state index contributed by atoms with van der Waals surface area (Å²) in [5.74, 6) is -1.67. The quantitative estimate of drug-likeness (QED) is 0.721. The van der Waals surface area contributed by atoms with Gasteiger partial charge in [-0.2, -0.15) is 0 Å². The fraction of sp³-hybridized carbons (Fsp3) is 0.500. The summed E-state index contributed by atoms with van der Waals surface area (Å²) in [6.07, 6.45) is 1.11. The van der Waals surface area contributed by atoms with E-state index < -0.39 is 11.6 Å². The molecule has 0 aliphatic heterocycles. The maximum Gasteiger partial charge on any atom is 0.173 e. The first-order valence-corrected chi connectivity index (χ1v) is 6.16. The van der Waals surface area contributed by atoms with Gasteiger partial charge in [-0.3, -0.25) is 0 Å². The third-order valence-electron chi connectivity index (χ3n) is 2.31. The second-order valence-electron chi connectivity index (χ2n) is 3.53. The van der Waals surface area contributed by atoms with Gasteiger partial charge in [-0.1, -0.05) is 19.9 Å². The topological polar surface area (TPSA) is 9.23 Å². The molecule has 0 aliphatic rings. The van der Waals surface area contributed by atoms with E-state index in [9.17, 15) is 8.78 Å². The molecular weight excluding hydrogens is 278 g/mol. The smallest absolute Gasteiger partial charge is 0.173 e. The zero-order chi connectivity index (χ0) is 12.1. The summed E-state index contributed by atoms with van der Waals surface area (Å²) in [4.78, 5) is 0. The molecule has 1 aromatic carbocycles. The summed E-state index contributed by atoms with van der Waals surface area (Å²) in [7, 11) is 0. The van der Waals surface area contributed by atoms with Crippen LogP contribution in [-0.2, 0) is 4.74 Å². The van der Waals surface area contributed by atoms with E-state index in [0.717, 1.165) is 6.42 Å². The maximum absolute atomic E-state index is 13.6. The molecule has 0 N–H and O–H groups in total. The molecule has 0 saturated carbocycles. The first kappa shape index (κ1) is 13.6. The van der Waals surface area contributed by atoms with Crippen molar-refractivity contribution in [1.29, 1.82) is 0 Å². The summed E-state index contributed by atoms with van der Waals surface area (Å²) in [5, 5.41) is 0. The van der Waals surface area contributed by atoms with Crippen molar-refractivity contribution < 1.29 is 13.5 Å². The van der Waals surface area contributed by atoms with Crippen LogP contribution in [0.5, 0.6) is 0 Å². The van der Waals surface area contributed by atoms with Crippen molar-refractivity contribution in [3.05, 3.63) is 33.8 Å². The van der Waals surface area contributed by atoms with Crippen LogP contribution in [0.4, 0.5) is 8.78 Å². The Morgan fingerprint density at radius 2 is 1.94 bits per heavy atom. The highest BCUT2D eigenvalue weighted by Gasteiger charge is 2.18. The summed E-state index contributed by atoms with van der Waals surface area (Å²) in [6, 6.07) is 3.07. The van der Waals surface area contributed by atoms with E-state index in [-0.39, 0.29) is 16.1 Å². The van der Waals surface area contributed by atoms with Gasteiger partial charge in [0.05, 0.1) is 10.6 Å². The predicted octanol–water partition coefficient (Wildman–Crippen LogP) is 4.61. The lowest BCUT2D eigenvalue weighted by Crippen LogP contribution is -2.07. The largest absolute Gasteiger partial charge is 0.373 e. The Balaban J connectivity index is 2.96. The molecule has 1 aromatic rings. The van der Waals surface area contributed by atoms with Crippen molar-refractivity contribution in [2.45, 2.75) is 32.8 Å². The minimum absolute atomic E-state index is 0.138. The van der Waals surface area contributed by atoms with Gasteiger partial charge in [0, 0.05) is 12.2 Å². The Morgan fingerprint density at radius 3 is 2.50 bits per heavy atom. The molecule has 0 heterocycles. The van der Waals surface area contributed by atoms with Gasteiger partial charge >= 0.3 is 0 Å². The van der Waals surface area contributed by atoms with Gasteiger partial charge in [-0.15, -0.1) is 0 Å². The van der Waals surface area contributed by atoms with Crippen LogP contribution in [0.25, 0.3) is 0 Å². The van der Waals surface area contributed by atoms with Gasteiger partial charge in [-0.05, 0) is 34.8 Å². The molecule has 4 heteroatoms. The molecule has 0 aliphatic carbocycles. The molecule has 1 unspecified atom stereocenters. The fourth-order valence-corrected chi connectivity index (χ4v) is 1.78. The van der Waals surface area contributed by atoms with Crippen molar-refractivity contribution in [3.63, 3.8) is 0 Å². The number of benzene rings is 1. The van der Waals surface area contributed by atoms with Crippen LogP contribution in [0.15, 0.2) is 16.6 Å². The second-order valence-corrected chi connectivity index (χ2v) is 4.39. The third-order valence-corrected chi connectivity index (χ3v) is 2.92. The summed E-state index contributed by atoms with van der Waals surface area (Å²) in [5.41, 5.74) is 0.289. The van der Waals surface area contributed by atoms with Crippen LogP contribution in [0.3, 0.4) is 0 Å². The highest BCUT2D eigenvalue weighted by atomic mass is 79.9. The molecule has 16 heavy (non-hydrogen) atoms. The first-order chi connectivity index (χ1) is 7.61. The molecule has 90 valence electrons. The summed E-state index contributed by atoms with van der Waals surface area (Å²) >= 11 is 2.95. The minimum atomic E-state index is -0.851. The van der Waals surface area contributed by atoms with Crippen LogP contribution in [-0.4, -0.2) is 6.61 Å². The lowest BCUT2D eigenvalue weighted by molar-refractivity contribution is 0.0475. The van der Waals surface area contributed by atoms with E-state index in [1.54, 1.807) is 6.07 Å². The second kappa shape index (κ2) is 6.30. The Hall–Kier alpha value is -0.480. The molecule has 1 rings (SSSR count).